The maximum absolute atomic E-state index is 12.2. The van der Waals surface area contributed by atoms with Crippen molar-refractivity contribution in [1.82, 2.24) is 9.97 Å². The molecule has 0 radical (unpaired) electrons. The summed E-state index contributed by atoms with van der Waals surface area (Å²) >= 11 is 6.05. The summed E-state index contributed by atoms with van der Waals surface area (Å²) in [5.41, 5.74) is 2.40. The van der Waals surface area contributed by atoms with Crippen LogP contribution in [0.3, 0.4) is 0 Å². The molecule has 0 amide bonds. The van der Waals surface area contributed by atoms with Crippen LogP contribution < -0.4 is 4.74 Å². The van der Waals surface area contributed by atoms with Crippen LogP contribution in [-0.2, 0) is 6.42 Å². The molecule has 0 saturated heterocycles. The number of hydrogen-bond donors (Lipinski definition) is 0. The first-order chi connectivity index (χ1) is 9.80. The summed E-state index contributed by atoms with van der Waals surface area (Å²) in [5.74, 6) is -0.265. The molecule has 2 aromatic rings. The zero-order chi connectivity index (χ0) is 15.6. The van der Waals surface area contributed by atoms with Gasteiger partial charge in [-0.15, -0.1) is 13.2 Å². The average molecular weight is 317 g/mol. The predicted molar refractivity (Wildman–Crippen MR) is 73.3 cm³/mol. The van der Waals surface area contributed by atoms with Crippen LogP contribution in [0.25, 0.3) is 11.3 Å². The molecule has 2 rings (SSSR count). The molecule has 0 N–H and O–H groups in total. The molecular formula is C14H12ClF3N2O. The molecule has 0 spiro atoms. The summed E-state index contributed by atoms with van der Waals surface area (Å²) in [4.78, 5) is 8.30. The number of benzene rings is 1. The Hall–Kier alpha value is -1.82. The number of hydrogen-bond acceptors (Lipinski definition) is 3. The third kappa shape index (κ3) is 3.85. The fourth-order valence-corrected chi connectivity index (χ4v) is 2.20. The summed E-state index contributed by atoms with van der Waals surface area (Å²) in [7, 11) is 0. The molecule has 1 aromatic heterocycles. The first kappa shape index (κ1) is 15.6. The Morgan fingerprint density at radius 2 is 2.00 bits per heavy atom. The highest BCUT2D eigenvalue weighted by Crippen LogP contribution is 2.32. The van der Waals surface area contributed by atoms with Crippen LogP contribution in [0.4, 0.5) is 13.2 Å². The van der Waals surface area contributed by atoms with Gasteiger partial charge in [0.05, 0.1) is 5.69 Å². The second kappa shape index (κ2) is 5.89. The van der Waals surface area contributed by atoms with Crippen LogP contribution in [-0.4, -0.2) is 16.3 Å². The standard InChI is InChI=1S/C14H12ClF3N2O/c1-3-9-6-10(21-14(16,17)18)4-5-11(9)12-13(15)20-8(2)7-19-12/h4-7H,3H2,1-2H3. The minimum absolute atomic E-state index is 0.217. The molecule has 0 aliphatic heterocycles. The Labute approximate surface area is 124 Å². The number of halogens is 4. The van der Waals surface area contributed by atoms with Crippen molar-refractivity contribution in [1.29, 1.82) is 0 Å². The predicted octanol–water partition coefficient (Wildman–Crippen LogP) is 4.57. The van der Waals surface area contributed by atoms with E-state index >= 15 is 0 Å². The second-order valence-electron chi connectivity index (χ2n) is 4.37. The molecule has 3 nitrogen and oxygen atoms in total. The van der Waals surface area contributed by atoms with Gasteiger partial charge in [0.25, 0.3) is 0 Å². The molecule has 0 aliphatic rings. The van der Waals surface area contributed by atoms with Crippen molar-refractivity contribution in [2.24, 2.45) is 0 Å². The minimum Gasteiger partial charge on any atom is -0.406 e. The third-order valence-electron chi connectivity index (χ3n) is 2.80. The monoisotopic (exact) mass is 316 g/mol. The van der Waals surface area contributed by atoms with E-state index in [4.69, 9.17) is 11.6 Å². The van der Waals surface area contributed by atoms with Crippen LogP contribution in [0, 0.1) is 6.92 Å². The van der Waals surface area contributed by atoms with Crippen LogP contribution in [0.5, 0.6) is 5.75 Å². The zero-order valence-corrected chi connectivity index (χ0v) is 12.1. The molecular weight excluding hydrogens is 305 g/mol. The maximum Gasteiger partial charge on any atom is 0.573 e. The molecule has 0 bridgehead atoms. The SMILES string of the molecule is CCc1cc(OC(F)(F)F)ccc1-c1ncc(C)nc1Cl. The maximum atomic E-state index is 12.2. The van der Waals surface area contributed by atoms with Crippen LogP contribution in [0.2, 0.25) is 5.15 Å². The lowest BCUT2D eigenvalue weighted by atomic mass is 10.0. The van der Waals surface area contributed by atoms with Crippen molar-refractivity contribution in [2.75, 3.05) is 0 Å². The van der Waals surface area contributed by atoms with Crippen molar-refractivity contribution in [3.8, 4) is 17.0 Å². The molecule has 0 saturated carbocycles. The third-order valence-corrected chi connectivity index (χ3v) is 3.06. The summed E-state index contributed by atoms with van der Waals surface area (Å²) in [5, 5.41) is 0.217. The minimum atomic E-state index is -4.71. The molecule has 0 fully saturated rings. The van der Waals surface area contributed by atoms with Gasteiger partial charge in [0, 0.05) is 11.8 Å². The number of nitrogens with zero attached hydrogens (tertiary/aromatic N) is 2. The van der Waals surface area contributed by atoms with Gasteiger partial charge >= 0.3 is 6.36 Å². The van der Waals surface area contributed by atoms with Gasteiger partial charge in [-0.2, -0.15) is 0 Å². The van der Waals surface area contributed by atoms with Gasteiger partial charge in [0.1, 0.15) is 11.4 Å². The number of rotatable bonds is 3. The summed E-state index contributed by atoms with van der Waals surface area (Å²) in [6.07, 6.45) is -2.65. The molecule has 0 unspecified atom stereocenters. The first-order valence-electron chi connectivity index (χ1n) is 6.18. The van der Waals surface area contributed by atoms with Gasteiger partial charge in [-0.05, 0) is 37.1 Å². The first-order valence-corrected chi connectivity index (χ1v) is 6.56. The zero-order valence-electron chi connectivity index (χ0n) is 11.3. The largest absolute Gasteiger partial charge is 0.573 e. The van der Waals surface area contributed by atoms with Crippen molar-refractivity contribution < 1.29 is 17.9 Å². The van der Waals surface area contributed by atoms with Crippen molar-refractivity contribution in [3.05, 3.63) is 40.8 Å². The number of aryl methyl sites for hydroxylation is 2. The van der Waals surface area contributed by atoms with Gasteiger partial charge in [-0.25, -0.2) is 4.98 Å². The fraction of sp³-hybridized carbons (Fsp3) is 0.286. The highest BCUT2D eigenvalue weighted by molar-refractivity contribution is 6.31. The van der Waals surface area contributed by atoms with Crippen LogP contribution in [0.15, 0.2) is 24.4 Å². The lowest BCUT2D eigenvalue weighted by molar-refractivity contribution is -0.274. The summed E-state index contributed by atoms with van der Waals surface area (Å²) in [6, 6.07) is 4.08. The quantitative estimate of drug-likeness (QED) is 0.832. The highest BCUT2D eigenvalue weighted by atomic mass is 35.5. The summed E-state index contributed by atoms with van der Waals surface area (Å²) < 4.78 is 40.6. The number of aromatic nitrogens is 2. The van der Waals surface area contributed by atoms with E-state index in [9.17, 15) is 13.2 Å². The lowest BCUT2D eigenvalue weighted by Gasteiger charge is -2.13. The second-order valence-corrected chi connectivity index (χ2v) is 4.73. The van der Waals surface area contributed by atoms with Gasteiger partial charge < -0.3 is 4.74 Å². The number of alkyl halides is 3. The Morgan fingerprint density at radius 3 is 2.57 bits per heavy atom. The number of ether oxygens (including phenoxy) is 1. The molecule has 1 heterocycles. The molecule has 21 heavy (non-hydrogen) atoms. The molecule has 0 atom stereocenters. The van der Waals surface area contributed by atoms with Gasteiger partial charge in [0.15, 0.2) is 5.15 Å². The molecule has 0 aliphatic carbocycles. The Morgan fingerprint density at radius 1 is 1.29 bits per heavy atom. The van der Waals surface area contributed by atoms with Gasteiger partial charge in [-0.3, -0.25) is 4.98 Å². The van der Waals surface area contributed by atoms with E-state index in [2.05, 4.69) is 14.7 Å². The van der Waals surface area contributed by atoms with Gasteiger partial charge in [0.2, 0.25) is 0 Å². The molecule has 112 valence electrons. The molecule has 7 heteroatoms. The lowest BCUT2D eigenvalue weighted by Crippen LogP contribution is -2.17. The van der Waals surface area contributed by atoms with E-state index in [-0.39, 0.29) is 10.9 Å². The van der Waals surface area contributed by atoms with Gasteiger partial charge in [-0.1, -0.05) is 18.5 Å². The van der Waals surface area contributed by atoms with E-state index in [1.165, 1.54) is 18.2 Å². The van der Waals surface area contributed by atoms with Crippen molar-refractivity contribution in [2.45, 2.75) is 26.6 Å². The normalized spacial score (nSPS) is 11.5. The Balaban J connectivity index is 2.45. The van der Waals surface area contributed by atoms with E-state index in [0.717, 1.165) is 0 Å². The van der Waals surface area contributed by atoms with E-state index in [0.29, 0.717) is 28.9 Å². The van der Waals surface area contributed by atoms with Crippen LogP contribution in [0.1, 0.15) is 18.2 Å². The van der Waals surface area contributed by atoms with Crippen molar-refractivity contribution >= 4 is 11.6 Å². The average Bonchev–Trinajstić information content (AvgIpc) is 2.37. The van der Waals surface area contributed by atoms with E-state index < -0.39 is 6.36 Å². The summed E-state index contributed by atoms with van der Waals surface area (Å²) in [6.45, 7) is 3.58. The fourth-order valence-electron chi connectivity index (χ4n) is 1.92. The Kier molecular flexibility index (Phi) is 4.37. The van der Waals surface area contributed by atoms with Crippen molar-refractivity contribution in [3.63, 3.8) is 0 Å². The molecule has 1 aromatic carbocycles. The van der Waals surface area contributed by atoms with E-state index in [1.54, 1.807) is 13.1 Å². The topological polar surface area (TPSA) is 35.0 Å². The van der Waals surface area contributed by atoms with Crippen LogP contribution >= 0.6 is 11.6 Å². The van der Waals surface area contributed by atoms with E-state index in [1.807, 2.05) is 6.92 Å². The smallest absolute Gasteiger partial charge is 0.406 e. The highest BCUT2D eigenvalue weighted by Gasteiger charge is 2.31. The Bertz CT molecular complexity index is 659.